The predicted octanol–water partition coefficient (Wildman–Crippen LogP) is 13.5. The smallest absolute Gasteiger partial charge is 0.197 e. The lowest BCUT2D eigenvalue weighted by molar-refractivity contribution is 0.590. The van der Waals surface area contributed by atoms with Gasteiger partial charge in [0.15, 0.2) is 7.28 Å². The van der Waals surface area contributed by atoms with Crippen molar-refractivity contribution in [2.75, 3.05) is 4.90 Å². The minimum absolute atomic E-state index is 0.0423. The van der Waals surface area contributed by atoms with Crippen molar-refractivity contribution in [3.63, 3.8) is 0 Å². The van der Waals surface area contributed by atoms with Crippen molar-refractivity contribution in [1.82, 2.24) is 4.98 Å². The van der Waals surface area contributed by atoms with Gasteiger partial charge in [0, 0.05) is 38.9 Å². The molecule has 0 saturated heterocycles. The zero-order valence-corrected chi connectivity index (χ0v) is 33.6. The van der Waals surface area contributed by atoms with Gasteiger partial charge in [-0.15, -0.1) is 0 Å². The number of benzene rings is 8. The Kier molecular flexibility index (Phi) is 8.09. The van der Waals surface area contributed by atoms with Crippen molar-refractivity contribution >= 4 is 67.8 Å². The summed E-state index contributed by atoms with van der Waals surface area (Å²) in [7, 11) is 2.45. The molecule has 0 atom stereocenters. The van der Waals surface area contributed by atoms with Crippen LogP contribution in [0.3, 0.4) is 0 Å². The summed E-state index contributed by atoms with van der Waals surface area (Å²) in [5.41, 5.74) is 18.2. The quantitative estimate of drug-likeness (QED) is 0.179. The monoisotopic (exact) mass is 733 g/mol. The number of aromatic amines is 1. The number of rotatable bonds is 4. The zero-order valence-electron chi connectivity index (χ0n) is 33.6. The van der Waals surface area contributed by atoms with E-state index in [0.717, 1.165) is 5.69 Å². The summed E-state index contributed by atoms with van der Waals surface area (Å²) in [5.74, 6) is 0. The number of anilines is 3. The van der Waals surface area contributed by atoms with Crippen molar-refractivity contribution in [1.29, 1.82) is 0 Å². The van der Waals surface area contributed by atoms with Crippen LogP contribution in [0.4, 0.5) is 17.1 Å². The molecule has 1 aliphatic rings. The lowest BCUT2D eigenvalue weighted by atomic mass is 9.57. The van der Waals surface area contributed by atoms with Gasteiger partial charge in [-0.1, -0.05) is 162 Å². The highest BCUT2D eigenvalue weighted by molar-refractivity contribution is 6.74. The fourth-order valence-electron chi connectivity index (χ4n) is 8.75. The van der Waals surface area contributed by atoms with Crippen molar-refractivity contribution in [3.05, 3.63) is 175 Å². The standard InChI is InChI=1S/C54H46BN2/c1-53(2,3)39-24-27-47-43(31-39)44-32-40(54(4,5)6)33-45(52(44)56-47)50-42-20-14-13-19-38(42)30-49-51(50)55-46-29-37(35-17-11-8-12-18-35)23-28-48(46)57(49)41-25-21-36(22-26-41)34-15-9-7-10-16-34/h7-33,56H,1-6H3. The van der Waals surface area contributed by atoms with E-state index >= 15 is 0 Å². The Morgan fingerprint density at radius 3 is 1.79 bits per heavy atom. The Morgan fingerprint density at radius 2 is 1.09 bits per heavy atom. The first kappa shape index (κ1) is 35.1. The molecule has 1 aromatic heterocycles. The van der Waals surface area contributed by atoms with Gasteiger partial charge in [0.25, 0.3) is 0 Å². The molecule has 0 unspecified atom stereocenters. The van der Waals surface area contributed by atoms with Gasteiger partial charge >= 0.3 is 0 Å². The average molecular weight is 734 g/mol. The fourth-order valence-corrected chi connectivity index (χ4v) is 8.75. The maximum absolute atomic E-state index is 3.96. The van der Waals surface area contributed by atoms with Crippen LogP contribution >= 0.6 is 0 Å². The maximum Gasteiger partial charge on any atom is 0.197 e. The molecule has 0 saturated carbocycles. The van der Waals surface area contributed by atoms with Crippen LogP contribution in [-0.4, -0.2) is 12.3 Å². The number of nitrogens with zero attached hydrogens (tertiary/aromatic N) is 1. The van der Waals surface area contributed by atoms with Crippen molar-refractivity contribution in [2.45, 2.75) is 52.4 Å². The summed E-state index contributed by atoms with van der Waals surface area (Å²) in [4.78, 5) is 6.44. The minimum atomic E-state index is -0.0632. The van der Waals surface area contributed by atoms with Gasteiger partial charge in [0.1, 0.15) is 0 Å². The summed E-state index contributed by atoms with van der Waals surface area (Å²) < 4.78 is 0. The van der Waals surface area contributed by atoms with E-state index in [2.05, 4.69) is 222 Å². The topological polar surface area (TPSA) is 19.0 Å². The van der Waals surface area contributed by atoms with Crippen molar-refractivity contribution < 1.29 is 0 Å². The molecule has 0 spiro atoms. The molecular weight excluding hydrogens is 687 g/mol. The number of nitrogens with one attached hydrogen (secondary N) is 1. The summed E-state index contributed by atoms with van der Waals surface area (Å²) in [6.45, 7) is 13.9. The SMILES string of the molecule is CC(C)(C)c1ccc2[nH]c3c(-c4c5c(cc6ccccc46)N(c4ccc(-c6ccccc6)cc4)c4ccc(-c6ccccc6)cc4[B]5)cc(C(C)(C)C)cc3c2c1. The second-order valence-electron chi connectivity index (χ2n) is 17.8. The van der Waals surface area contributed by atoms with E-state index in [9.17, 15) is 0 Å². The van der Waals surface area contributed by atoms with Crippen LogP contribution in [0.1, 0.15) is 52.7 Å². The van der Waals surface area contributed by atoms with Gasteiger partial charge in [0.05, 0.1) is 5.52 Å². The highest BCUT2D eigenvalue weighted by Gasteiger charge is 2.31. The maximum atomic E-state index is 3.96. The highest BCUT2D eigenvalue weighted by Crippen LogP contribution is 2.45. The third-order valence-corrected chi connectivity index (χ3v) is 11.9. The Hall–Kier alpha value is -6.32. The second kappa shape index (κ2) is 13.1. The van der Waals surface area contributed by atoms with Gasteiger partial charge in [-0.05, 0) is 115 Å². The van der Waals surface area contributed by atoms with E-state index in [4.69, 9.17) is 0 Å². The first-order valence-electron chi connectivity index (χ1n) is 20.2. The molecule has 9 aromatic rings. The molecule has 1 N–H and O–H groups in total. The fraction of sp³-hybridized carbons (Fsp3) is 0.148. The molecule has 57 heavy (non-hydrogen) atoms. The minimum Gasteiger partial charge on any atom is -0.354 e. The van der Waals surface area contributed by atoms with E-state index in [0.29, 0.717) is 0 Å². The zero-order chi connectivity index (χ0) is 39.1. The number of hydrogen-bond donors (Lipinski definition) is 1. The molecule has 1 aliphatic heterocycles. The molecule has 275 valence electrons. The van der Waals surface area contributed by atoms with Crippen molar-refractivity contribution in [2.24, 2.45) is 0 Å². The van der Waals surface area contributed by atoms with Gasteiger partial charge in [-0.3, -0.25) is 0 Å². The Balaban J connectivity index is 1.28. The summed E-state index contributed by atoms with van der Waals surface area (Å²) in [6, 6.07) is 60.6. The lowest BCUT2D eigenvalue weighted by Gasteiger charge is -2.36. The van der Waals surface area contributed by atoms with E-state index in [-0.39, 0.29) is 10.8 Å². The van der Waals surface area contributed by atoms with Crippen LogP contribution in [0.5, 0.6) is 0 Å². The Morgan fingerprint density at radius 1 is 0.474 bits per heavy atom. The number of H-pyrrole nitrogens is 1. The first-order valence-corrected chi connectivity index (χ1v) is 20.2. The van der Waals surface area contributed by atoms with E-state index in [1.165, 1.54) is 99.4 Å². The molecule has 10 rings (SSSR count). The van der Waals surface area contributed by atoms with E-state index in [1.54, 1.807) is 0 Å². The van der Waals surface area contributed by atoms with Gasteiger partial charge in [-0.2, -0.15) is 0 Å². The van der Waals surface area contributed by atoms with Crippen LogP contribution in [0, 0.1) is 0 Å². The lowest BCUT2D eigenvalue weighted by Crippen LogP contribution is -2.41. The normalized spacial score (nSPS) is 12.8. The number of hydrogen-bond acceptors (Lipinski definition) is 1. The third kappa shape index (κ3) is 6.05. The van der Waals surface area contributed by atoms with Crippen LogP contribution in [0.25, 0.3) is 66.0 Å². The number of fused-ring (bicyclic) bond motifs is 6. The molecule has 0 fully saturated rings. The summed E-state index contributed by atoms with van der Waals surface area (Å²) in [5, 5.41) is 5.02. The van der Waals surface area contributed by atoms with Crippen molar-refractivity contribution in [3.8, 4) is 33.4 Å². The number of aromatic nitrogens is 1. The average Bonchev–Trinajstić information content (AvgIpc) is 3.60. The van der Waals surface area contributed by atoms with Crippen LogP contribution in [0.15, 0.2) is 164 Å². The van der Waals surface area contributed by atoms with E-state index in [1.807, 2.05) is 0 Å². The second-order valence-corrected chi connectivity index (χ2v) is 17.8. The molecule has 0 aliphatic carbocycles. The first-order chi connectivity index (χ1) is 27.5. The van der Waals surface area contributed by atoms with Crippen LogP contribution in [0.2, 0.25) is 0 Å². The molecule has 0 amide bonds. The highest BCUT2D eigenvalue weighted by atomic mass is 15.1. The molecule has 0 bridgehead atoms. The van der Waals surface area contributed by atoms with Crippen LogP contribution in [-0.2, 0) is 10.8 Å². The third-order valence-electron chi connectivity index (χ3n) is 11.9. The molecule has 1 radical (unpaired) electrons. The molecule has 2 heterocycles. The molecule has 8 aromatic carbocycles. The molecule has 3 heteroatoms. The largest absolute Gasteiger partial charge is 0.354 e. The molecule has 2 nitrogen and oxygen atoms in total. The van der Waals surface area contributed by atoms with E-state index < -0.39 is 0 Å². The van der Waals surface area contributed by atoms with Gasteiger partial charge in [-0.25, -0.2) is 0 Å². The summed E-state index contributed by atoms with van der Waals surface area (Å²) >= 11 is 0. The van der Waals surface area contributed by atoms with Gasteiger partial charge in [0.2, 0.25) is 0 Å². The van der Waals surface area contributed by atoms with Crippen LogP contribution < -0.4 is 15.8 Å². The molecular formula is C54H46BN2. The Bertz CT molecular complexity index is 2980. The Labute approximate surface area is 337 Å². The summed E-state index contributed by atoms with van der Waals surface area (Å²) in [6.07, 6.45) is 0. The van der Waals surface area contributed by atoms with Gasteiger partial charge < -0.3 is 9.88 Å². The predicted molar refractivity (Wildman–Crippen MR) is 247 cm³/mol.